The number of thiazole rings is 1. The number of piperazine rings is 1. The summed E-state index contributed by atoms with van der Waals surface area (Å²) in [5, 5.41) is 2.95. The van der Waals surface area contributed by atoms with Gasteiger partial charge in [-0.1, -0.05) is 0 Å². The zero-order valence-corrected chi connectivity index (χ0v) is 16.4. The molecule has 0 bridgehead atoms. The molecule has 0 aliphatic carbocycles. The predicted octanol–water partition coefficient (Wildman–Crippen LogP) is 2.78. The van der Waals surface area contributed by atoms with E-state index in [1.54, 1.807) is 29.8 Å². The molecule has 1 fully saturated rings. The van der Waals surface area contributed by atoms with Crippen molar-refractivity contribution >= 4 is 23.2 Å². The molecule has 0 saturated carbocycles. The third-order valence-electron chi connectivity index (χ3n) is 4.53. The Labute approximate surface area is 167 Å². The van der Waals surface area contributed by atoms with Crippen LogP contribution in [-0.2, 0) is 6.61 Å². The van der Waals surface area contributed by atoms with Gasteiger partial charge >= 0.3 is 0 Å². The van der Waals surface area contributed by atoms with Gasteiger partial charge in [0.15, 0.2) is 0 Å². The maximum atomic E-state index is 12.8. The van der Waals surface area contributed by atoms with E-state index in [4.69, 9.17) is 4.74 Å². The number of hydrogen-bond donors (Lipinski definition) is 0. The molecule has 3 aromatic rings. The second-order valence-corrected chi connectivity index (χ2v) is 7.47. The maximum absolute atomic E-state index is 12.8. The molecular formula is C20H21N5O2S. The zero-order chi connectivity index (χ0) is 19.3. The van der Waals surface area contributed by atoms with Crippen LogP contribution in [0.1, 0.15) is 21.1 Å². The topological polar surface area (TPSA) is 71.5 Å². The molecular weight excluding hydrogens is 374 g/mol. The fourth-order valence-corrected chi connectivity index (χ4v) is 3.74. The number of ether oxygens (including phenoxy) is 1. The van der Waals surface area contributed by atoms with Gasteiger partial charge in [0.2, 0.25) is 5.95 Å². The molecule has 3 heterocycles. The van der Waals surface area contributed by atoms with Crippen molar-refractivity contribution in [1.29, 1.82) is 0 Å². The van der Waals surface area contributed by atoms with Crippen molar-refractivity contribution in [3.8, 4) is 5.75 Å². The van der Waals surface area contributed by atoms with Crippen molar-refractivity contribution in [2.24, 2.45) is 0 Å². The van der Waals surface area contributed by atoms with Gasteiger partial charge in [-0.15, -0.1) is 11.3 Å². The minimum atomic E-state index is 0.0377. The van der Waals surface area contributed by atoms with Crippen LogP contribution in [0, 0.1) is 6.92 Å². The first kappa shape index (κ1) is 18.4. The van der Waals surface area contributed by atoms with Crippen molar-refractivity contribution in [2.75, 3.05) is 31.1 Å². The number of hydrogen-bond acceptors (Lipinski definition) is 7. The second-order valence-electron chi connectivity index (χ2n) is 6.52. The first-order valence-corrected chi connectivity index (χ1v) is 10.0. The normalized spacial score (nSPS) is 14.2. The number of aryl methyl sites for hydroxylation is 1. The summed E-state index contributed by atoms with van der Waals surface area (Å²) < 4.78 is 5.75. The average molecular weight is 395 g/mol. The Morgan fingerprint density at radius 1 is 1.11 bits per heavy atom. The van der Waals surface area contributed by atoms with Gasteiger partial charge in [0.25, 0.3) is 5.91 Å². The zero-order valence-electron chi connectivity index (χ0n) is 15.6. The fraction of sp³-hybridized carbons (Fsp3) is 0.300. The lowest BCUT2D eigenvalue weighted by Gasteiger charge is -2.34. The van der Waals surface area contributed by atoms with Crippen LogP contribution in [0.4, 0.5) is 5.95 Å². The van der Waals surface area contributed by atoms with E-state index in [0.717, 1.165) is 29.5 Å². The summed E-state index contributed by atoms with van der Waals surface area (Å²) in [5.74, 6) is 1.48. The van der Waals surface area contributed by atoms with Crippen molar-refractivity contribution < 1.29 is 9.53 Å². The first-order chi connectivity index (χ1) is 13.7. The quantitative estimate of drug-likeness (QED) is 0.662. The van der Waals surface area contributed by atoms with Crippen molar-refractivity contribution in [3.63, 3.8) is 0 Å². The molecule has 7 nitrogen and oxygen atoms in total. The molecule has 144 valence electrons. The predicted molar refractivity (Wildman–Crippen MR) is 108 cm³/mol. The number of carbonyl (C=O) groups excluding carboxylic acids is 1. The molecule has 1 amide bonds. The SMILES string of the molecule is Cc1csc(COc2ccc(C(=O)N3CCN(c4ncccn4)CC3)cc2)n1. The molecule has 1 aliphatic rings. The van der Waals surface area contributed by atoms with E-state index in [1.165, 1.54) is 0 Å². The van der Waals surface area contributed by atoms with Gasteiger partial charge in [0, 0.05) is 55.2 Å². The summed E-state index contributed by atoms with van der Waals surface area (Å²) in [6, 6.07) is 9.10. The second kappa shape index (κ2) is 8.35. The molecule has 1 saturated heterocycles. The molecule has 0 atom stereocenters. The van der Waals surface area contributed by atoms with E-state index in [1.807, 2.05) is 41.5 Å². The molecule has 0 spiro atoms. The summed E-state index contributed by atoms with van der Waals surface area (Å²) in [6.45, 7) is 5.16. The summed E-state index contributed by atoms with van der Waals surface area (Å²) in [4.78, 5) is 29.7. The van der Waals surface area contributed by atoms with E-state index in [9.17, 15) is 4.79 Å². The molecule has 1 aromatic carbocycles. The monoisotopic (exact) mass is 395 g/mol. The van der Waals surface area contributed by atoms with Crippen molar-refractivity contribution in [1.82, 2.24) is 19.9 Å². The van der Waals surface area contributed by atoms with E-state index < -0.39 is 0 Å². The van der Waals surface area contributed by atoms with Crippen LogP contribution in [0.15, 0.2) is 48.1 Å². The summed E-state index contributed by atoms with van der Waals surface area (Å²) in [5.41, 5.74) is 1.67. The Balaban J connectivity index is 1.31. The standard InChI is InChI=1S/C20H21N5O2S/c1-15-14-28-18(23-15)13-27-17-5-3-16(4-6-17)19(26)24-9-11-25(12-10-24)20-21-7-2-8-22-20/h2-8,14H,9-13H2,1H3. The average Bonchev–Trinajstić information content (AvgIpc) is 3.18. The van der Waals surface area contributed by atoms with Crippen molar-refractivity contribution in [3.05, 3.63) is 64.4 Å². The van der Waals surface area contributed by atoms with E-state index in [0.29, 0.717) is 31.2 Å². The van der Waals surface area contributed by atoms with Crippen LogP contribution in [0.2, 0.25) is 0 Å². The van der Waals surface area contributed by atoms with E-state index in [2.05, 4.69) is 19.9 Å². The Hall–Kier alpha value is -3.00. The summed E-state index contributed by atoms with van der Waals surface area (Å²) in [7, 11) is 0. The molecule has 1 aliphatic heterocycles. The number of nitrogens with zero attached hydrogens (tertiary/aromatic N) is 5. The minimum Gasteiger partial charge on any atom is -0.486 e. The lowest BCUT2D eigenvalue weighted by Crippen LogP contribution is -2.49. The third kappa shape index (κ3) is 4.28. The van der Waals surface area contributed by atoms with Crippen LogP contribution in [0.3, 0.4) is 0 Å². The molecule has 0 unspecified atom stereocenters. The number of amides is 1. The van der Waals surface area contributed by atoms with Crippen LogP contribution in [0.5, 0.6) is 5.75 Å². The fourth-order valence-electron chi connectivity index (χ4n) is 3.05. The Morgan fingerprint density at radius 2 is 1.82 bits per heavy atom. The largest absolute Gasteiger partial charge is 0.486 e. The van der Waals surface area contributed by atoms with Crippen LogP contribution in [-0.4, -0.2) is 51.9 Å². The van der Waals surface area contributed by atoms with Crippen molar-refractivity contribution in [2.45, 2.75) is 13.5 Å². The summed E-state index contributed by atoms with van der Waals surface area (Å²) >= 11 is 1.58. The number of rotatable bonds is 5. The van der Waals surface area contributed by atoms with Gasteiger partial charge in [0.05, 0.1) is 0 Å². The third-order valence-corrected chi connectivity index (χ3v) is 5.47. The number of carbonyl (C=O) groups is 1. The van der Waals surface area contributed by atoms with Gasteiger partial charge in [-0.3, -0.25) is 4.79 Å². The smallest absolute Gasteiger partial charge is 0.253 e. The van der Waals surface area contributed by atoms with Gasteiger partial charge in [0.1, 0.15) is 17.4 Å². The number of aromatic nitrogens is 3. The van der Waals surface area contributed by atoms with Crippen LogP contribution in [0.25, 0.3) is 0 Å². The van der Waals surface area contributed by atoms with Gasteiger partial charge in [-0.25, -0.2) is 15.0 Å². The number of benzene rings is 1. The highest BCUT2D eigenvalue weighted by Gasteiger charge is 2.23. The maximum Gasteiger partial charge on any atom is 0.253 e. The molecule has 4 rings (SSSR count). The van der Waals surface area contributed by atoms with Gasteiger partial charge in [-0.2, -0.15) is 0 Å². The van der Waals surface area contributed by atoms with Crippen LogP contribution < -0.4 is 9.64 Å². The Morgan fingerprint density at radius 3 is 2.46 bits per heavy atom. The number of anilines is 1. The Bertz CT molecular complexity index is 921. The highest BCUT2D eigenvalue weighted by atomic mass is 32.1. The lowest BCUT2D eigenvalue weighted by molar-refractivity contribution is 0.0746. The van der Waals surface area contributed by atoms with Crippen LogP contribution >= 0.6 is 11.3 Å². The van der Waals surface area contributed by atoms with E-state index in [-0.39, 0.29) is 5.91 Å². The minimum absolute atomic E-state index is 0.0377. The van der Waals surface area contributed by atoms with Gasteiger partial charge in [-0.05, 0) is 37.3 Å². The van der Waals surface area contributed by atoms with E-state index >= 15 is 0 Å². The molecule has 0 N–H and O–H groups in total. The molecule has 0 radical (unpaired) electrons. The van der Waals surface area contributed by atoms with Gasteiger partial charge < -0.3 is 14.5 Å². The molecule has 8 heteroatoms. The summed E-state index contributed by atoms with van der Waals surface area (Å²) in [6.07, 6.45) is 3.47. The first-order valence-electron chi connectivity index (χ1n) is 9.14. The highest BCUT2D eigenvalue weighted by Crippen LogP contribution is 2.18. The lowest BCUT2D eigenvalue weighted by atomic mass is 10.1. The molecule has 28 heavy (non-hydrogen) atoms. The molecule has 2 aromatic heterocycles. The Kier molecular flexibility index (Phi) is 5.48. The highest BCUT2D eigenvalue weighted by molar-refractivity contribution is 7.09.